The minimum atomic E-state index is 0.365. The fourth-order valence-corrected chi connectivity index (χ4v) is 4.47. The molecule has 2 aliphatic rings. The predicted molar refractivity (Wildman–Crippen MR) is 116 cm³/mol. The van der Waals surface area contributed by atoms with Gasteiger partial charge in [0.1, 0.15) is 5.52 Å². The SMILES string of the molecule is Cc1ccc(C2NNCC2CN2CCN(c3nc4ccccc4o3)CC2)cc1C. The highest BCUT2D eigenvalue weighted by molar-refractivity contribution is 5.74. The molecule has 0 saturated carbocycles. The highest BCUT2D eigenvalue weighted by atomic mass is 16.4. The van der Waals surface area contributed by atoms with Crippen LogP contribution in [0.5, 0.6) is 0 Å². The Balaban J connectivity index is 1.21. The van der Waals surface area contributed by atoms with Crippen molar-refractivity contribution in [2.75, 3.05) is 44.2 Å². The van der Waals surface area contributed by atoms with Crippen LogP contribution in [0.4, 0.5) is 6.01 Å². The number of anilines is 1. The van der Waals surface area contributed by atoms with Crippen LogP contribution < -0.4 is 15.8 Å². The number of nitrogens with one attached hydrogen (secondary N) is 2. The smallest absolute Gasteiger partial charge is 0.298 e. The van der Waals surface area contributed by atoms with Crippen LogP contribution in [0, 0.1) is 19.8 Å². The van der Waals surface area contributed by atoms with Crippen LogP contribution in [0.15, 0.2) is 46.9 Å². The molecule has 2 aromatic carbocycles. The number of piperazine rings is 1. The van der Waals surface area contributed by atoms with E-state index in [0.717, 1.165) is 56.4 Å². The summed E-state index contributed by atoms with van der Waals surface area (Å²) in [5.41, 5.74) is 12.8. The van der Waals surface area contributed by atoms with Gasteiger partial charge in [0.25, 0.3) is 6.01 Å². The largest absolute Gasteiger partial charge is 0.423 e. The lowest BCUT2D eigenvalue weighted by Gasteiger charge is -2.35. The van der Waals surface area contributed by atoms with Gasteiger partial charge in [0, 0.05) is 45.2 Å². The first-order chi connectivity index (χ1) is 14.2. The first-order valence-corrected chi connectivity index (χ1v) is 10.6. The van der Waals surface area contributed by atoms with Gasteiger partial charge in [-0.2, -0.15) is 4.98 Å². The third kappa shape index (κ3) is 3.75. The van der Waals surface area contributed by atoms with Crippen LogP contribution in [0.2, 0.25) is 0 Å². The highest BCUT2D eigenvalue weighted by Crippen LogP contribution is 2.28. The van der Waals surface area contributed by atoms with Crippen molar-refractivity contribution >= 4 is 17.1 Å². The van der Waals surface area contributed by atoms with Gasteiger partial charge in [-0.1, -0.05) is 30.3 Å². The summed E-state index contributed by atoms with van der Waals surface area (Å²) in [6, 6.07) is 15.9. The maximum atomic E-state index is 5.95. The van der Waals surface area contributed by atoms with Crippen molar-refractivity contribution in [3.8, 4) is 0 Å². The Bertz CT molecular complexity index is 959. The summed E-state index contributed by atoms with van der Waals surface area (Å²) in [6.07, 6.45) is 0. The molecule has 2 N–H and O–H groups in total. The van der Waals surface area contributed by atoms with E-state index in [-0.39, 0.29) is 0 Å². The van der Waals surface area contributed by atoms with Crippen molar-refractivity contribution in [1.82, 2.24) is 20.7 Å². The van der Waals surface area contributed by atoms with Gasteiger partial charge in [0.2, 0.25) is 0 Å². The van der Waals surface area contributed by atoms with Crippen molar-refractivity contribution in [2.45, 2.75) is 19.9 Å². The molecule has 6 nitrogen and oxygen atoms in total. The molecule has 2 unspecified atom stereocenters. The van der Waals surface area contributed by atoms with E-state index in [1.165, 1.54) is 16.7 Å². The Labute approximate surface area is 171 Å². The zero-order valence-corrected chi connectivity index (χ0v) is 17.2. The lowest BCUT2D eigenvalue weighted by Crippen LogP contribution is -2.48. The molecule has 6 heteroatoms. The summed E-state index contributed by atoms with van der Waals surface area (Å²) in [5, 5.41) is 0. The fourth-order valence-electron chi connectivity index (χ4n) is 4.47. The second kappa shape index (κ2) is 7.78. The summed E-state index contributed by atoms with van der Waals surface area (Å²) in [5.74, 6) is 0.563. The third-order valence-electron chi connectivity index (χ3n) is 6.40. The normalized spacial score (nSPS) is 23.2. The maximum Gasteiger partial charge on any atom is 0.298 e. The molecule has 0 bridgehead atoms. The van der Waals surface area contributed by atoms with Gasteiger partial charge in [-0.3, -0.25) is 10.3 Å². The second-order valence-corrected chi connectivity index (χ2v) is 8.36. The number of oxazole rings is 1. The fraction of sp³-hybridized carbons (Fsp3) is 0.435. The lowest BCUT2D eigenvalue weighted by molar-refractivity contribution is 0.212. The van der Waals surface area contributed by atoms with E-state index in [9.17, 15) is 0 Å². The van der Waals surface area contributed by atoms with Crippen LogP contribution in [0.1, 0.15) is 22.7 Å². The van der Waals surface area contributed by atoms with Gasteiger partial charge >= 0.3 is 0 Å². The number of rotatable bonds is 4. The average molecular weight is 392 g/mol. The minimum absolute atomic E-state index is 0.365. The Kier molecular flexibility index (Phi) is 4.99. The van der Waals surface area contributed by atoms with Gasteiger partial charge in [-0.25, -0.2) is 5.43 Å². The molecule has 3 heterocycles. The number of hydrogen-bond donors (Lipinski definition) is 2. The number of hydrazine groups is 1. The van der Waals surface area contributed by atoms with Crippen LogP contribution >= 0.6 is 0 Å². The van der Waals surface area contributed by atoms with Crippen molar-refractivity contribution in [3.05, 3.63) is 59.2 Å². The topological polar surface area (TPSA) is 56.6 Å². The number of para-hydroxylation sites is 2. The maximum absolute atomic E-state index is 5.95. The number of benzene rings is 2. The Hall–Kier alpha value is -2.41. The lowest BCUT2D eigenvalue weighted by atomic mass is 9.92. The number of aryl methyl sites for hydroxylation is 2. The number of nitrogens with zero attached hydrogens (tertiary/aromatic N) is 3. The van der Waals surface area contributed by atoms with Gasteiger partial charge < -0.3 is 9.32 Å². The van der Waals surface area contributed by atoms with Crippen LogP contribution in [0.3, 0.4) is 0 Å². The predicted octanol–water partition coefficient (Wildman–Crippen LogP) is 3.03. The molecular formula is C23H29N5O. The van der Waals surface area contributed by atoms with Gasteiger partial charge in [-0.15, -0.1) is 0 Å². The standard InChI is InChI=1S/C23H29N5O/c1-16-7-8-18(13-17(16)2)22-19(14-24-26-22)15-27-9-11-28(12-10-27)23-25-20-5-3-4-6-21(20)29-23/h3-8,13,19,22,24,26H,9-12,14-15H2,1-2H3. The van der Waals surface area contributed by atoms with Crippen molar-refractivity contribution in [3.63, 3.8) is 0 Å². The molecule has 29 heavy (non-hydrogen) atoms. The number of aromatic nitrogens is 1. The first-order valence-electron chi connectivity index (χ1n) is 10.6. The summed E-state index contributed by atoms with van der Waals surface area (Å²) in [7, 11) is 0. The molecule has 2 fully saturated rings. The molecule has 0 amide bonds. The van der Waals surface area contributed by atoms with E-state index in [4.69, 9.17) is 4.42 Å². The van der Waals surface area contributed by atoms with E-state index >= 15 is 0 Å². The first kappa shape index (κ1) is 18.6. The Morgan fingerprint density at radius 2 is 1.86 bits per heavy atom. The molecule has 2 saturated heterocycles. The van der Waals surface area contributed by atoms with Crippen LogP contribution in [-0.2, 0) is 0 Å². The molecule has 3 aromatic rings. The molecular weight excluding hydrogens is 362 g/mol. The monoisotopic (exact) mass is 391 g/mol. The van der Waals surface area contributed by atoms with Crippen molar-refractivity contribution in [1.29, 1.82) is 0 Å². The summed E-state index contributed by atoms with van der Waals surface area (Å²) in [6.45, 7) is 10.4. The molecule has 1 aromatic heterocycles. The summed E-state index contributed by atoms with van der Waals surface area (Å²) < 4.78 is 5.95. The molecule has 5 rings (SSSR count). The highest BCUT2D eigenvalue weighted by Gasteiger charge is 2.31. The average Bonchev–Trinajstić information content (AvgIpc) is 3.37. The second-order valence-electron chi connectivity index (χ2n) is 8.36. The third-order valence-corrected chi connectivity index (χ3v) is 6.40. The summed E-state index contributed by atoms with van der Waals surface area (Å²) >= 11 is 0. The van der Waals surface area contributed by atoms with Crippen molar-refractivity contribution in [2.24, 2.45) is 5.92 Å². The molecule has 2 aliphatic heterocycles. The van der Waals surface area contributed by atoms with Crippen molar-refractivity contribution < 1.29 is 4.42 Å². The number of hydrogen-bond acceptors (Lipinski definition) is 6. The van der Waals surface area contributed by atoms with E-state index in [2.05, 4.69) is 57.7 Å². The van der Waals surface area contributed by atoms with E-state index < -0.39 is 0 Å². The Morgan fingerprint density at radius 3 is 2.66 bits per heavy atom. The van der Waals surface area contributed by atoms with E-state index in [0.29, 0.717) is 12.0 Å². The van der Waals surface area contributed by atoms with E-state index in [1.807, 2.05) is 24.3 Å². The Morgan fingerprint density at radius 1 is 1.03 bits per heavy atom. The van der Waals surface area contributed by atoms with Gasteiger partial charge in [0.15, 0.2) is 5.58 Å². The van der Waals surface area contributed by atoms with Gasteiger partial charge in [-0.05, 0) is 42.7 Å². The summed E-state index contributed by atoms with van der Waals surface area (Å²) in [4.78, 5) is 9.49. The molecule has 0 radical (unpaired) electrons. The zero-order valence-electron chi connectivity index (χ0n) is 17.2. The number of fused-ring (bicyclic) bond motifs is 1. The molecule has 0 spiro atoms. The zero-order chi connectivity index (χ0) is 19.8. The van der Waals surface area contributed by atoms with Gasteiger partial charge in [0.05, 0.1) is 6.04 Å². The molecule has 152 valence electrons. The molecule has 2 atom stereocenters. The minimum Gasteiger partial charge on any atom is -0.423 e. The van der Waals surface area contributed by atoms with Crippen LogP contribution in [0.25, 0.3) is 11.1 Å². The van der Waals surface area contributed by atoms with Crippen LogP contribution in [-0.4, -0.2) is 49.2 Å². The van der Waals surface area contributed by atoms with E-state index in [1.54, 1.807) is 0 Å². The molecule has 0 aliphatic carbocycles. The quantitative estimate of drug-likeness (QED) is 0.713.